The van der Waals surface area contributed by atoms with Crippen LogP contribution in [0.15, 0.2) is 48.5 Å². The molecule has 1 fully saturated rings. The molecule has 0 bridgehead atoms. The van der Waals surface area contributed by atoms with E-state index in [2.05, 4.69) is 24.3 Å². The molecular weight excluding hydrogens is 258 g/mol. The topological polar surface area (TPSA) is 20.3 Å². The number of nitrogens with zero attached hydrogens (tertiary/aromatic N) is 1. The monoisotopic (exact) mass is 279 g/mol. The minimum Gasteiger partial charge on any atom is -0.339 e. The summed E-state index contributed by atoms with van der Waals surface area (Å²) in [4.78, 5) is 14.3. The minimum absolute atomic E-state index is 0.143. The van der Waals surface area contributed by atoms with E-state index in [0.29, 0.717) is 0 Å². The third kappa shape index (κ3) is 3.33. The highest BCUT2D eigenvalue weighted by atomic mass is 16.2. The molecule has 0 aliphatic carbocycles. The van der Waals surface area contributed by atoms with Crippen molar-refractivity contribution in [3.05, 3.63) is 54.1 Å². The number of hydrogen-bond acceptors (Lipinski definition) is 1. The molecule has 0 atom stereocenters. The molecule has 0 N–H and O–H groups in total. The standard InChI is InChI=1S/C19H21NO/c21-19(20-14-5-1-2-6-15-20)13-12-17-10-7-9-16-8-3-4-11-18(16)17/h3-4,7-13H,1-2,5-6,14-15H2/b13-12+. The summed E-state index contributed by atoms with van der Waals surface area (Å²) in [7, 11) is 0. The predicted molar refractivity (Wildman–Crippen MR) is 88.0 cm³/mol. The highest BCUT2D eigenvalue weighted by molar-refractivity contribution is 5.96. The Morgan fingerprint density at radius 2 is 1.62 bits per heavy atom. The van der Waals surface area contributed by atoms with Crippen molar-refractivity contribution < 1.29 is 4.79 Å². The van der Waals surface area contributed by atoms with Gasteiger partial charge in [-0.1, -0.05) is 55.3 Å². The number of amides is 1. The van der Waals surface area contributed by atoms with E-state index in [1.54, 1.807) is 6.08 Å². The molecule has 21 heavy (non-hydrogen) atoms. The van der Waals surface area contributed by atoms with Gasteiger partial charge in [0, 0.05) is 19.2 Å². The first-order chi connectivity index (χ1) is 10.3. The van der Waals surface area contributed by atoms with Crippen molar-refractivity contribution in [2.75, 3.05) is 13.1 Å². The predicted octanol–water partition coefficient (Wildman–Crippen LogP) is 4.26. The maximum atomic E-state index is 12.3. The van der Waals surface area contributed by atoms with Gasteiger partial charge in [-0.25, -0.2) is 0 Å². The van der Waals surface area contributed by atoms with E-state index in [0.717, 1.165) is 31.5 Å². The third-order valence-electron chi connectivity index (χ3n) is 4.15. The maximum Gasteiger partial charge on any atom is 0.246 e. The summed E-state index contributed by atoms with van der Waals surface area (Å²) in [5, 5.41) is 2.40. The Morgan fingerprint density at radius 3 is 2.43 bits per heavy atom. The Bertz CT molecular complexity index is 646. The van der Waals surface area contributed by atoms with Crippen LogP contribution in [-0.4, -0.2) is 23.9 Å². The molecule has 0 aromatic heterocycles. The zero-order chi connectivity index (χ0) is 14.5. The van der Waals surface area contributed by atoms with Crippen LogP contribution >= 0.6 is 0 Å². The second-order valence-electron chi connectivity index (χ2n) is 5.64. The van der Waals surface area contributed by atoms with E-state index in [-0.39, 0.29) is 5.91 Å². The molecule has 0 unspecified atom stereocenters. The Kier molecular flexibility index (Phi) is 4.34. The molecule has 2 aromatic rings. The van der Waals surface area contributed by atoms with Gasteiger partial charge >= 0.3 is 0 Å². The molecule has 1 aliphatic heterocycles. The first kappa shape index (κ1) is 13.9. The van der Waals surface area contributed by atoms with Crippen molar-refractivity contribution in [1.82, 2.24) is 4.90 Å². The van der Waals surface area contributed by atoms with Gasteiger partial charge in [-0.15, -0.1) is 0 Å². The van der Waals surface area contributed by atoms with E-state index in [9.17, 15) is 4.79 Å². The van der Waals surface area contributed by atoms with Crippen LogP contribution in [0.3, 0.4) is 0 Å². The fourth-order valence-corrected chi connectivity index (χ4v) is 2.95. The normalized spacial score (nSPS) is 16.3. The molecule has 3 rings (SSSR count). The van der Waals surface area contributed by atoms with Crippen LogP contribution < -0.4 is 0 Å². The average Bonchev–Trinajstić information content (AvgIpc) is 2.82. The van der Waals surface area contributed by atoms with Crippen molar-refractivity contribution >= 4 is 22.8 Å². The molecule has 1 amide bonds. The first-order valence-electron chi connectivity index (χ1n) is 7.79. The first-order valence-corrected chi connectivity index (χ1v) is 7.79. The third-order valence-corrected chi connectivity index (χ3v) is 4.15. The molecule has 1 aliphatic rings. The fourth-order valence-electron chi connectivity index (χ4n) is 2.95. The maximum absolute atomic E-state index is 12.3. The van der Waals surface area contributed by atoms with Crippen LogP contribution in [0.5, 0.6) is 0 Å². The summed E-state index contributed by atoms with van der Waals surface area (Å²) in [5.41, 5.74) is 1.11. The largest absolute Gasteiger partial charge is 0.339 e. The molecular formula is C19H21NO. The molecule has 1 heterocycles. The molecule has 0 spiro atoms. The van der Waals surface area contributed by atoms with Crippen molar-refractivity contribution in [3.63, 3.8) is 0 Å². The van der Waals surface area contributed by atoms with Gasteiger partial charge in [0.25, 0.3) is 0 Å². The van der Waals surface area contributed by atoms with Crippen LogP contribution in [0.25, 0.3) is 16.8 Å². The van der Waals surface area contributed by atoms with Gasteiger partial charge in [0.1, 0.15) is 0 Å². The van der Waals surface area contributed by atoms with Gasteiger partial charge in [-0.3, -0.25) is 4.79 Å². The Morgan fingerprint density at radius 1 is 0.905 bits per heavy atom. The highest BCUT2D eigenvalue weighted by Crippen LogP contribution is 2.20. The smallest absolute Gasteiger partial charge is 0.246 e. The molecule has 1 saturated heterocycles. The van der Waals surface area contributed by atoms with Gasteiger partial charge in [0.05, 0.1) is 0 Å². The molecule has 0 radical (unpaired) electrons. The minimum atomic E-state index is 0.143. The van der Waals surface area contributed by atoms with Gasteiger partial charge in [0.2, 0.25) is 5.91 Å². The van der Waals surface area contributed by atoms with E-state index in [1.807, 2.05) is 29.2 Å². The number of carbonyl (C=O) groups is 1. The Labute approximate surface area is 126 Å². The number of likely N-dealkylation sites (tertiary alicyclic amines) is 1. The lowest BCUT2D eigenvalue weighted by Crippen LogP contribution is -2.30. The Balaban J connectivity index is 1.79. The lowest BCUT2D eigenvalue weighted by atomic mass is 10.0. The lowest BCUT2D eigenvalue weighted by molar-refractivity contribution is -0.125. The van der Waals surface area contributed by atoms with Gasteiger partial charge in [0.15, 0.2) is 0 Å². The summed E-state index contributed by atoms with van der Waals surface area (Å²) in [6.07, 6.45) is 8.44. The van der Waals surface area contributed by atoms with Crippen molar-refractivity contribution in [1.29, 1.82) is 0 Å². The van der Waals surface area contributed by atoms with Crippen LogP contribution in [0, 0.1) is 0 Å². The molecule has 2 heteroatoms. The van der Waals surface area contributed by atoms with Crippen LogP contribution in [-0.2, 0) is 4.79 Å². The van der Waals surface area contributed by atoms with Gasteiger partial charge in [-0.05, 0) is 35.3 Å². The van der Waals surface area contributed by atoms with Crippen molar-refractivity contribution in [3.8, 4) is 0 Å². The second kappa shape index (κ2) is 6.57. The number of benzene rings is 2. The zero-order valence-electron chi connectivity index (χ0n) is 12.3. The molecule has 2 nitrogen and oxygen atoms in total. The number of rotatable bonds is 2. The van der Waals surface area contributed by atoms with E-state index < -0.39 is 0 Å². The van der Waals surface area contributed by atoms with E-state index in [4.69, 9.17) is 0 Å². The SMILES string of the molecule is O=C(/C=C/c1cccc2ccccc12)N1CCCCCC1. The van der Waals surface area contributed by atoms with E-state index >= 15 is 0 Å². The summed E-state index contributed by atoms with van der Waals surface area (Å²) < 4.78 is 0. The highest BCUT2D eigenvalue weighted by Gasteiger charge is 2.12. The summed E-state index contributed by atoms with van der Waals surface area (Å²) in [5.74, 6) is 0.143. The van der Waals surface area contributed by atoms with Crippen LogP contribution in [0.4, 0.5) is 0 Å². The number of carbonyl (C=O) groups excluding carboxylic acids is 1. The second-order valence-corrected chi connectivity index (χ2v) is 5.64. The summed E-state index contributed by atoms with van der Waals surface area (Å²) >= 11 is 0. The van der Waals surface area contributed by atoms with Crippen LogP contribution in [0.2, 0.25) is 0 Å². The number of hydrogen-bond donors (Lipinski definition) is 0. The zero-order valence-corrected chi connectivity index (χ0v) is 12.3. The average molecular weight is 279 g/mol. The molecule has 2 aromatic carbocycles. The number of fused-ring (bicyclic) bond motifs is 1. The van der Waals surface area contributed by atoms with Crippen molar-refractivity contribution in [2.24, 2.45) is 0 Å². The molecule has 0 saturated carbocycles. The van der Waals surface area contributed by atoms with Gasteiger partial charge < -0.3 is 4.90 Å². The summed E-state index contributed by atoms with van der Waals surface area (Å²) in [6.45, 7) is 1.80. The van der Waals surface area contributed by atoms with Crippen molar-refractivity contribution in [2.45, 2.75) is 25.7 Å². The fraction of sp³-hybridized carbons (Fsp3) is 0.316. The molecule has 108 valence electrons. The lowest BCUT2D eigenvalue weighted by Gasteiger charge is -2.18. The van der Waals surface area contributed by atoms with Crippen LogP contribution in [0.1, 0.15) is 31.2 Å². The van der Waals surface area contributed by atoms with Gasteiger partial charge in [-0.2, -0.15) is 0 Å². The summed E-state index contributed by atoms with van der Waals surface area (Å²) in [6, 6.07) is 14.5. The quantitative estimate of drug-likeness (QED) is 0.752. The van der Waals surface area contributed by atoms with E-state index in [1.165, 1.54) is 23.6 Å². The Hall–Kier alpha value is -2.09.